The predicted octanol–water partition coefficient (Wildman–Crippen LogP) is 6.64. The van der Waals surface area contributed by atoms with E-state index >= 15 is 0 Å². The molecule has 0 heterocycles. The Morgan fingerprint density at radius 1 is 0.597 bits per heavy atom. The number of carboxylic acids is 2. The van der Waals surface area contributed by atoms with E-state index in [1.54, 1.807) is 31.4 Å². The van der Waals surface area contributed by atoms with Crippen molar-refractivity contribution in [1.29, 1.82) is 0 Å². The molecule has 16 nitrogen and oxygen atoms in total. The summed E-state index contributed by atoms with van der Waals surface area (Å²) in [5.74, 6) is -1.76. The third-order valence-corrected chi connectivity index (χ3v) is 9.76. The first-order chi connectivity index (χ1) is 30.0. The Hall–Kier alpha value is -3.64. The van der Waals surface area contributed by atoms with Crippen LogP contribution in [0.2, 0.25) is 0 Å². The number of Topliss-reactive ketones (excluding diaryl/α,β-unsaturated/α-hetero) is 1. The first kappa shape index (κ1) is 58.4. The van der Waals surface area contributed by atoms with Gasteiger partial charge in [0.2, 0.25) is 17.7 Å². The number of amides is 3. The number of ketones is 1. The van der Waals surface area contributed by atoms with Crippen molar-refractivity contribution in [3.63, 3.8) is 0 Å². The maximum Gasteiger partial charge on any atom is 0.335 e. The van der Waals surface area contributed by atoms with Crippen LogP contribution in [0.25, 0.3) is 0 Å². The minimum absolute atomic E-state index is 0.0432. The van der Waals surface area contributed by atoms with E-state index < -0.39 is 23.9 Å². The SMILES string of the molecule is CCCOCC(=O)CCCOCCOCC(=O)N[C@H](CCCCNC(=O)CBr)C(=O)O.COCCNC(=O)CCCCCCCCCCCCCCOc1ccc(C(=O)O)cc1. The summed E-state index contributed by atoms with van der Waals surface area (Å²) < 4.78 is 26.2. The van der Waals surface area contributed by atoms with Gasteiger partial charge >= 0.3 is 11.9 Å². The largest absolute Gasteiger partial charge is 0.494 e. The van der Waals surface area contributed by atoms with E-state index in [2.05, 4.69) is 31.9 Å². The molecule has 0 aromatic heterocycles. The standard InChI is InChI=1S/C25H41NO5.C20H35BrN2O8/c1-30-21-19-26-24(27)14-12-10-8-6-4-2-3-5-7-9-11-13-20-31-23-17-15-22(16-18-23)25(28)29;1-2-9-30-14-16(24)6-5-10-29-11-12-31-15-19(26)23-17(20(27)28)7-3-4-8-22-18(25)13-21/h15-18H,2-14,19-21H2,1H3,(H,26,27)(H,28,29);17H,2-15H2,1H3,(H,22,25)(H,23,26)(H,27,28)/t;17-/m.1/s1. The highest BCUT2D eigenvalue weighted by molar-refractivity contribution is 9.09. The van der Waals surface area contributed by atoms with Crippen LogP contribution in [0.1, 0.15) is 139 Å². The van der Waals surface area contributed by atoms with Crippen LogP contribution in [0.3, 0.4) is 0 Å². The summed E-state index contributed by atoms with van der Waals surface area (Å²) in [6, 6.07) is 5.57. The van der Waals surface area contributed by atoms with Gasteiger partial charge in [-0.2, -0.15) is 0 Å². The Morgan fingerprint density at radius 2 is 1.19 bits per heavy atom. The smallest absolute Gasteiger partial charge is 0.335 e. The van der Waals surface area contributed by atoms with Gasteiger partial charge in [0.1, 0.15) is 25.0 Å². The molecular formula is C45H76BrN3O13. The van der Waals surface area contributed by atoms with Crippen molar-refractivity contribution in [1.82, 2.24) is 16.0 Å². The molecule has 356 valence electrons. The first-order valence-corrected chi connectivity index (χ1v) is 23.5. The van der Waals surface area contributed by atoms with Crippen molar-refractivity contribution >= 4 is 51.4 Å². The maximum atomic E-state index is 11.8. The number of alkyl halides is 1. The Kier molecular flexibility index (Phi) is 40.1. The minimum atomic E-state index is -1.11. The van der Waals surface area contributed by atoms with Crippen molar-refractivity contribution < 1.29 is 62.7 Å². The Labute approximate surface area is 377 Å². The number of unbranched alkanes of at least 4 members (excludes halogenated alkanes) is 12. The number of aliphatic carboxylic acids is 1. The van der Waals surface area contributed by atoms with E-state index in [-0.39, 0.29) is 61.3 Å². The number of carboxylic acid groups (broad SMARTS) is 2. The lowest BCUT2D eigenvalue weighted by atomic mass is 10.0. The van der Waals surface area contributed by atoms with Gasteiger partial charge in [-0.05, 0) is 69.2 Å². The molecule has 0 aliphatic rings. The number of hydrogen-bond donors (Lipinski definition) is 5. The summed E-state index contributed by atoms with van der Waals surface area (Å²) in [5, 5.41) is 26.3. The van der Waals surface area contributed by atoms with Gasteiger partial charge in [-0.1, -0.05) is 87.1 Å². The predicted molar refractivity (Wildman–Crippen MR) is 241 cm³/mol. The average Bonchev–Trinajstić information content (AvgIpc) is 3.25. The summed E-state index contributed by atoms with van der Waals surface area (Å²) >= 11 is 3.04. The molecule has 1 aromatic rings. The Balaban J connectivity index is 0.00000120. The molecule has 1 atom stereocenters. The maximum absolute atomic E-state index is 11.8. The lowest BCUT2D eigenvalue weighted by Crippen LogP contribution is -2.42. The third kappa shape index (κ3) is 38.1. The van der Waals surface area contributed by atoms with E-state index in [9.17, 15) is 33.9 Å². The van der Waals surface area contributed by atoms with Crippen LogP contribution in [0.15, 0.2) is 24.3 Å². The molecule has 0 radical (unpaired) electrons. The van der Waals surface area contributed by atoms with Gasteiger partial charge in [0.05, 0.1) is 37.3 Å². The van der Waals surface area contributed by atoms with Crippen molar-refractivity contribution in [2.45, 2.75) is 135 Å². The van der Waals surface area contributed by atoms with Crippen molar-refractivity contribution in [2.24, 2.45) is 0 Å². The highest BCUT2D eigenvalue weighted by Crippen LogP contribution is 2.15. The van der Waals surface area contributed by atoms with E-state index in [0.29, 0.717) is 71.6 Å². The number of rotatable bonds is 41. The number of aromatic carboxylic acids is 1. The molecular weight excluding hydrogens is 870 g/mol. The zero-order valence-corrected chi connectivity index (χ0v) is 38.9. The number of nitrogens with one attached hydrogen (secondary N) is 3. The van der Waals surface area contributed by atoms with Crippen molar-refractivity contribution in [3.8, 4) is 5.75 Å². The minimum Gasteiger partial charge on any atom is -0.494 e. The molecule has 1 rings (SSSR count). The van der Waals surface area contributed by atoms with Gasteiger partial charge in [-0.3, -0.25) is 19.2 Å². The van der Waals surface area contributed by atoms with Crippen molar-refractivity contribution in [2.75, 3.05) is 78.4 Å². The number of methoxy groups -OCH3 is 1. The quantitative estimate of drug-likeness (QED) is 0.0343. The second-order valence-electron chi connectivity index (χ2n) is 14.8. The molecule has 0 saturated carbocycles. The molecule has 0 aliphatic heterocycles. The number of carbonyl (C=O) groups is 6. The van der Waals surface area contributed by atoms with Gasteiger partial charge in [-0.25, -0.2) is 9.59 Å². The van der Waals surface area contributed by atoms with Crippen LogP contribution in [-0.4, -0.2) is 130 Å². The van der Waals surface area contributed by atoms with Gasteiger partial charge in [0, 0.05) is 46.3 Å². The Morgan fingerprint density at radius 3 is 1.79 bits per heavy atom. The summed E-state index contributed by atoms with van der Waals surface area (Å²) in [6.45, 7) is 5.62. The molecule has 5 N–H and O–H groups in total. The van der Waals surface area contributed by atoms with E-state index in [4.69, 9.17) is 28.8 Å². The van der Waals surface area contributed by atoms with Crippen molar-refractivity contribution in [3.05, 3.63) is 29.8 Å². The van der Waals surface area contributed by atoms with Gasteiger partial charge in [0.15, 0.2) is 5.78 Å². The molecule has 0 saturated heterocycles. The average molecular weight is 947 g/mol. The molecule has 0 aliphatic carbocycles. The van der Waals surface area contributed by atoms with Crippen LogP contribution >= 0.6 is 15.9 Å². The lowest BCUT2D eigenvalue weighted by molar-refractivity contribution is -0.142. The van der Waals surface area contributed by atoms with E-state index in [1.807, 2.05) is 6.92 Å². The summed E-state index contributed by atoms with van der Waals surface area (Å²) in [7, 11) is 1.64. The second-order valence-corrected chi connectivity index (χ2v) is 15.4. The first-order valence-electron chi connectivity index (χ1n) is 22.3. The van der Waals surface area contributed by atoms with Crippen LogP contribution in [0.4, 0.5) is 0 Å². The topological polar surface area (TPSA) is 225 Å². The molecule has 0 fully saturated rings. The van der Waals surface area contributed by atoms with Crippen LogP contribution in [0.5, 0.6) is 5.75 Å². The zero-order valence-electron chi connectivity index (χ0n) is 37.4. The molecule has 62 heavy (non-hydrogen) atoms. The number of benzene rings is 1. The van der Waals surface area contributed by atoms with Gasteiger partial charge in [-0.15, -0.1) is 0 Å². The summed E-state index contributed by atoms with van der Waals surface area (Å²) in [5.41, 5.74) is 0.283. The fourth-order valence-electron chi connectivity index (χ4n) is 5.82. The fourth-order valence-corrected chi connectivity index (χ4v) is 6.02. The zero-order chi connectivity index (χ0) is 45.9. The number of hydrogen-bond acceptors (Lipinski definition) is 11. The molecule has 17 heteroatoms. The third-order valence-electron chi connectivity index (χ3n) is 9.25. The second kappa shape index (κ2) is 42.7. The number of halogens is 1. The highest BCUT2D eigenvalue weighted by atomic mass is 79.9. The number of carbonyl (C=O) groups excluding carboxylic acids is 4. The lowest BCUT2D eigenvalue weighted by Gasteiger charge is -2.14. The normalized spacial score (nSPS) is 11.2. The molecule has 0 unspecified atom stereocenters. The van der Waals surface area contributed by atoms with Gasteiger partial charge in [0.25, 0.3) is 0 Å². The summed E-state index contributed by atoms with van der Waals surface area (Å²) in [4.78, 5) is 68.0. The molecule has 0 bridgehead atoms. The summed E-state index contributed by atoms with van der Waals surface area (Å²) in [6.07, 6.45) is 18.5. The van der Waals surface area contributed by atoms with Crippen LogP contribution in [-0.2, 0) is 42.9 Å². The number of ether oxygens (including phenoxy) is 5. The molecule has 1 aromatic carbocycles. The fraction of sp³-hybridized carbons (Fsp3) is 0.733. The molecule has 3 amide bonds. The van der Waals surface area contributed by atoms with Crippen LogP contribution in [0, 0.1) is 0 Å². The monoisotopic (exact) mass is 945 g/mol. The van der Waals surface area contributed by atoms with Crippen LogP contribution < -0.4 is 20.7 Å². The molecule has 0 spiro atoms. The van der Waals surface area contributed by atoms with Gasteiger partial charge < -0.3 is 49.8 Å². The van der Waals surface area contributed by atoms with E-state index in [1.165, 1.54) is 57.8 Å². The Bertz CT molecular complexity index is 1320. The highest BCUT2D eigenvalue weighted by Gasteiger charge is 2.19. The van der Waals surface area contributed by atoms with E-state index in [0.717, 1.165) is 31.4 Å².